The minimum atomic E-state index is 0.969. The van der Waals surface area contributed by atoms with Gasteiger partial charge in [-0.3, -0.25) is 0 Å². The van der Waals surface area contributed by atoms with Gasteiger partial charge in [-0.2, -0.15) is 0 Å². The summed E-state index contributed by atoms with van der Waals surface area (Å²) in [5, 5.41) is 0. The Labute approximate surface area is 90.1 Å². The number of allylic oxidation sites excluding steroid dienone is 1. The third-order valence-corrected chi connectivity index (χ3v) is 2.25. The van der Waals surface area contributed by atoms with Crippen molar-refractivity contribution < 1.29 is 4.42 Å². The van der Waals surface area contributed by atoms with E-state index in [9.17, 15) is 0 Å². The van der Waals surface area contributed by atoms with Crippen molar-refractivity contribution in [2.24, 2.45) is 0 Å². The van der Waals surface area contributed by atoms with Crippen LogP contribution in [0.15, 0.2) is 59.2 Å². The molecule has 0 atom stereocenters. The van der Waals surface area contributed by atoms with Crippen LogP contribution in [0.4, 0.5) is 0 Å². The van der Waals surface area contributed by atoms with Crippen molar-refractivity contribution in [3.8, 4) is 0 Å². The van der Waals surface area contributed by atoms with E-state index in [0.717, 1.165) is 18.6 Å². The first-order valence-corrected chi connectivity index (χ1v) is 5.19. The summed E-state index contributed by atoms with van der Waals surface area (Å²) in [5.74, 6) is 1.05. The van der Waals surface area contributed by atoms with Crippen molar-refractivity contribution in [3.63, 3.8) is 0 Å². The molecule has 0 aliphatic carbocycles. The molecule has 2 rings (SSSR count). The molecule has 76 valence electrons. The van der Waals surface area contributed by atoms with Crippen molar-refractivity contribution >= 4 is 6.08 Å². The summed E-state index contributed by atoms with van der Waals surface area (Å²) in [5.41, 5.74) is 1.25. The van der Waals surface area contributed by atoms with Crippen molar-refractivity contribution in [2.75, 3.05) is 0 Å². The second-order valence-corrected chi connectivity index (χ2v) is 3.43. The number of aryl methyl sites for hydroxylation is 1. The molecule has 0 saturated heterocycles. The minimum absolute atomic E-state index is 0.969. The fraction of sp³-hybridized carbons (Fsp3) is 0.143. The SMILES string of the molecule is C(=Cc1ccccc1)CCc1ccco1. The first-order valence-electron chi connectivity index (χ1n) is 5.19. The lowest BCUT2D eigenvalue weighted by atomic mass is 10.2. The Morgan fingerprint density at radius 2 is 1.87 bits per heavy atom. The predicted octanol–water partition coefficient (Wildman–Crippen LogP) is 3.93. The van der Waals surface area contributed by atoms with E-state index in [-0.39, 0.29) is 0 Å². The zero-order valence-electron chi connectivity index (χ0n) is 8.60. The normalized spacial score (nSPS) is 10.9. The molecule has 1 heteroatoms. The summed E-state index contributed by atoms with van der Waals surface area (Å²) in [6, 6.07) is 14.3. The Hall–Kier alpha value is -1.76. The van der Waals surface area contributed by atoms with E-state index in [1.165, 1.54) is 5.56 Å². The van der Waals surface area contributed by atoms with Gasteiger partial charge < -0.3 is 4.42 Å². The van der Waals surface area contributed by atoms with Gasteiger partial charge in [0.15, 0.2) is 0 Å². The van der Waals surface area contributed by atoms with Crippen LogP contribution >= 0.6 is 0 Å². The molecule has 0 spiro atoms. The first-order chi connectivity index (χ1) is 7.45. The number of benzene rings is 1. The summed E-state index contributed by atoms with van der Waals surface area (Å²) in [7, 11) is 0. The predicted molar refractivity (Wildman–Crippen MR) is 62.5 cm³/mol. The minimum Gasteiger partial charge on any atom is -0.469 e. The molecule has 0 radical (unpaired) electrons. The van der Waals surface area contributed by atoms with Gasteiger partial charge >= 0.3 is 0 Å². The molecular formula is C14H14O. The number of hydrogen-bond donors (Lipinski definition) is 0. The van der Waals surface area contributed by atoms with E-state index < -0.39 is 0 Å². The Bertz CT molecular complexity index is 398. The molecule has 1 aromatic heterocycles. The van der Waals surface area contributed by atoms with Gasteiger partial charge in [-0.1, -0.05) is 42.5 Å². The van der Waals surface area contributed by atoms with Crippen molar-refractivity contribution in [1.29, 1.82) is 0 Å². The fourth-order valence-corrected chi connectivity index (χ4v) is 1.46. The summed E-state index contributed by atoms with van der Waals surface area (Å²) < 4.78 is 5.25. The Balaban J connectivity index is 1.81. The van der Waals surface area contributed by atoms with Gasteiger partial charge in [-0.25, -0.2) is 0 Å². The molecule has 0 amide bonds. The molecule has 15 heavy (non-hydrogen) atoms. The summed E-state index contributed by atoms with van der Waals surface area (Å²) in [6.07, 6.45) is 8.02. The van der Waals surface area contributed by atoms with Gasteiger partial charge in [0.25, 0.3) is 0 Å². The molecule has 0 aliphatic heterocycles. The second-order valence-electron chi connectivity index (χ2n) is 3.43. The highest BCUT2D eigenvalue weighted by molar-refractivity contribution is 5.48. The molecule has 1 nitrogen and oxygen atoms in total. The van der Waals surface area contributed by atoms with Crippen LogP contribution < -0.4 is 0 Å². The van der Waals surface area contributed by atoms with Crippen LogP contribution in [0.2, 0.25) is 0 Å². The lowest BCUT2D eigenvalue weighted by molar-refractivity contribution is 0.510. The molecule has 0 bridgehead atoms. The highest BCUT2D eigenvalue weighted by Crippen LogP contribution is 2.06. The standard InChI is InChI=1S/C14H14O/c1-2-7-13(8-3-1)9-4-5-10-14-11-6-12-15-14/h1-4,6-9,11-12H,5,10H2. The van der Waals surface area contributed by atoms with Crippen LogP contribution in [-0.4, -0.2) is 0 Å². The van der Waals surface area contributed by atoms with Crippen LogP contribution in [0.3, 0.4) is 0 Å². The quantitative estimate of drug-likeness (QED) is 0.725. The first kappa shape index (κ1) is 9.78. The largest absolute Gasteiger partial charge is 0.469 e. The average molecular weight is 198 g/mol. The average Bonchev–Trinajstić information content (AvgIpc) is 2.79. The van der Waals surface area contributed by atoms with Crippen LogP contribution in [0.1, 0.15) is 17.7 Å². The molecule has 0 N–H and O–H groups in total. The third-order valence-electron chi connectivity index (χ3n) is 2.25. The van der Waals surface area contributed by atoms with Crippen LogP contribution in [0.5, 0.6) is 0 Å². The molecule has 0 fully saturated rings. The van der Waals surface area contributed by atoms with Gasteiger partial charge in [0.1, 0.15) is 5.76 Å². The lowest BCUT2D eigenvalue weighted by Gasteiger charge is -1.92. The third kappa shape index (κ3) is 3.13. The Morgan fingerprint density at radius 1 is 1.00 bits per heavy atom. The van der Waals surface area contributed by atoms with E-state index in [2.05, 4.69) is 24.3 Å². The maximum absolute atomic E-state index is 5.25. The van der Waals surface area contributed by atoms with Crippen LogP contribution in [0.25, 0.3) is 6.08 Å². The van der Waals surface area contributed by atoms with Gasteiger partial charge in [0, 0.05) is 6.42 Å². The number of rotatable bonds is 4. The maximum Gasteiger partial charge on any atom is 0.104 e. The zero-order chi connectivity index (χ0) is 10.3. The summed E-state index contributed by atoms with van der Waals surface area (Å²) in [6.45, 7) is 0. The van der Waals surface area contributed by atoms with Crippen LogP contribution in [0, 0.1) is 0 Å². The Kier molecular flexibility index (Phi) is 3.39. The van der Waals surface area contributed by atoms with Gasteiger partial charge in [-0.15, -0.1) is 0 Å². The molecule has 1 heterocycles. The van der Waals surface area contributed by atoms with Gasteiger partial charge in [-0.05, 0) is 24.1 Å². The molecule has 0 aliphatic rings. The van der Waals surface area contributed by atoms with E-state index >= 15 is 0 Å². The van der Waals surface area contributed by atoms with Gasteiger partial charge in [0.05, 0.1) is 6.26 Å². The molecule has 0 saturated carbocycles. The number of furan rings is 1. The zero-order valence-corrected chi connectivity index (χ0v) is 8.60. The van der Waals surface area contributed by atoms with Crippen LogP contribution in [-0.2, 0) is 6.42 Å². The topological polar surface area (TPSA) is 13.1 Å². The van der Waals surface area contributed by atoms with E-state index in [1.807, 2.05) is 30.3 Å². The summed E-state index contributed by atoms with van der Waals surface area (Å²) >= 11 is 0. The molecular weight excluding hydrogens is 184 g/mol. The van der Waals surface area contributed by atoms with Crippen molar-refractivity contribution in [2.45, 2.75) is 12.8 Å². The highest BCUT2D eigenvalue weighted by atomic mass is 16.3. The van der Waals surface area contributed by atoms with Crippen molar-refractivity contribution in [1.82, 2.24) is 0 Å². The molecule has 2 aromatic rings. The lowest BCUT2D eigenvalue weighted by Crippen LogP contribution is -1.77. The van der Waals surface area contributed by atoms with E-state index in [0.29, 0.717) is 0 Å². The van der Waals surface area contributed by atoms with E-state index in [1.54, 1.807) is 6.26 Å². The fourth-order valence-electron chi connectivity index (χ4n) is 1.46. The van der Waals surface area contributed by atoms with Gasteiger partial charge in [0.2, 0.25) is 0 Å². The smallest absolute Gasteiger partial charge is 0.104 e. The monoisotopic (exact) mass is 198 g/mol. The number of hydrogen-bond acceptors (Lipinski definition) is 1. The van der Waals surface area contributed by atoms with E-state index in [4.69, 9.17) is 4.42 Å². The summed E-state index contributed by atoms with van der Waals surface area (Å²) in [4.78, 5) is 0. The molecule has 0 unspecified atom stereocenters. The maximum atomic E-state index is 5.25. The Morgan fingerprint density at radius 3 is 2.60 bits per heavy atom. The molecule has 1 aromatic carbocycles. The highest BCUT2D eigenvalue weighted by Gasteiger charge is 1.91. The van der Waals surface area contributed by atoms with Crippen molar-refractivity contribution in [3.05, 3.63) is 66.1 Å². The second kappa shape index (κ2) is 5.20.